The summed E-state index contributed by atoms with van der Waals surface area (Å²) in [5, 5.41) is 3.15. The van der Waals surface area contributed by atoms with E-state index in [9.17, 15) is 4.79 Å². The van der Waals surface area contributed by atoms with Gasteiger partial charge in [-0.25, -0.2) is 0 Å². The molecule has 0 saturated heterocycles. The Balaban J connectivity index is 2.35. The molecule has 100 valence electrons. The van der Waals surface area contributed by atoms with Gasteiger partial charge in [0.15, 0.2) is 0 Å². The van der Waals surface area contributed by atoms with Crippen LogP contribution in [0.25, 0.3) is 0 Å². The number of amides is 1. The quantitative estimate of drug-likeness (QED) is 0.792. The summed E-state index contributed by atoms with van der Waals surface area (Å²) in [5.74, 6) is 1.94. The second kappa shape index (κ2) is 6.39. The molecule has 1 amide bonds. The van der Waals surface area contributed by atoms with Gasteiger partial charge in [0.25, 0.3) is 0 Å². The molecular formula is C14H28N2O. The molecule has 0 aliphatic heterocycles. The molecule has 1 fully saturated rings. The monoisotopic (exact) mass is 240 g/mol. The summed E-state index contributed by atoms with van der Waals surface area (Å²) in [4.78, 5) is 11.8. The highest BCUT2D eigenvalue weighted by Crippen LogP contribution is 2.28. The molecule has 0 aromatic carbocycles. The molecule has 1 aliphatic rings. The standard InChI is InChI=1S/C14H28N2O/c1-9(2)13(15)8-14(17)16-12-6-10(3)5-11(4)7-12/h9-13H,5-8,15H2,1-4H3,(H,16,17). The third-order valence-electron chi connectivity index (χ3n) is 3.82. The van der Waals surface area contributed by atoms with E-state index in [1.165, 1.54) is 6.42 Å². The van der Waals surface area contributed by atoms with Crippen LogP contribution in [0.2, 0.25) is 0 Å². The smallest absolute Gasteiger partial charge is 0.221 e. The van der Waals surface area contributed by atoms with Crippen LogP contribution in [0.1, 0.15) is 53.4 Å². The van der Waals surface area contributed by atoms with Gasteiger partial charge in [0.2, 0.25) is 5.91 Å². The maximum Gasteiger partial charge on any atom is 0.221 e. The molecule has 3 nitrogen and oxygen atoms in total. The van der Waals surface area contributed by atoms with Gasteiger partial charge in [-0.1, -0.05) is 27.7 Å². The van der Waals surface area contributed by atoms with E-state index in [0.717, 1.165) is 24.7 Å². The van der Waals surface area contributed by atoms with Crippen LogP contribution in [-0.4, -0.2) is 18.0 Å². The van der Waals surface area contributed by atoms with Crippen molar-refractivity contribution in [3.05, 3.63) is 0 Å². The molecule has 0 aromatic heterocycles. The molecule has 0 spiro atoms. The van der Waals surface area contributed by atoms with Crippen LogP contribution in [0.3, 0.4) is 0 Å². The Bertz CT molecular complexity index is 243. The van der Waals surface area contributed by atoms with Crippen LogP contribution >= 0.6 is 0 Å². The zero-order chi connectivity index (χ0) is 13.0. The largest absolute Gasteiger partial charge is 0.353 e. The molecule has 1 rings (SSSR count). The van der Waals surface area contributed by atoms with E-state index in [-0.39, 0.29) is 11.9 Å². The van der Waals surface area contributed by atoms with E-state index < -0.39 is 0 Å². The maximum atomic E-state index is 11.8. The zero-order valence-corrected chi connectivity index (χ0v) is 11.7. The average molecular weight is 240 g/mol. The number of hydrogen-bond acceptors (Lipinski definition) is 2. The first kappa shape index (κ1) is 14.5. The second-order valence-electron chi connectivity index (χ2n) is 6.29. The fourth-order valence-electron chi connectivity index (χ4n) is 2.80. The van der Waals surface area contributed by atoms with E-state index in [0.29, 0.717) is 18.4 Å². The predicted octanol–water partition coefficient (Wildman–Crippen LogP) is 2.30. The highest BCUT2D eigenvalue weighted by Gasteiger charge is 2.25. The first-order chi connectivity index (χ1) is 7.88. The summed E-state index contributed by atoms with van der Waals surface area (Å²) in [6.45, 7) is 8.66. The molecule has 0 bridgehead atoms. The number of carbonyl (C=O) groups excluding carboxylic acids is 1. The Hall–Kier alpha value is -0.570. The minimum atomic E-state index is -0.0200. The van der Waals surface area contributed by atoms with Crippen molar-refractivity contribution in [3.63, 3.8) is 0 Å². The lowest BCUT2D eigenvalue weighted by atomic mass is 9.80. The molecular weight excluding hydrogens is 212 g/mol. The Morgan fingerprint density at radius 2 is 1.76 bits per heavy atom. The topological polar surface area (TPSA) is 55.1 Å². The summed E-state index contributed by atoms with van der Waals surface area (Å²) < 4.78 is 0. The summed E-state index contributed by atoms with van der Waals surface area (Å²) >= 11 is 0. The average Bonchev–Trinajstić information content (AvgIpc) is 2.14. The third-order valence-corrected chi connectivity index (χ3v) is 3.82. The minimum absolute atomic E-state index is 0.0200. The van der Waals surface area contributed by atoms with Crippen molar-refractivity contribution < 1.29 is 4.79 Å². The summed E-state index contributed by atoms with van der Waals surface area (Å²) in [6.07, 6.45) is 3.98. The van der Waals surface area contributed by atoms with Gasteiger partial charge in [-0.15, -0.1) is 0 Å². The number of nitrogens with one attached hydrogen (secondary N) is 1. The Kier molecular flexibility index (Phi) is 5.44. The summed E-state index contributed by atoms with van der Waals surface area (Å²) in [5.41, 5.74) is 5.92. The van der Waals surface area contributed by atoms with Gasteiger partial charge < -0.3 is 11.1 Å². The first-order valence-corrected chi connectivity index (χ1v) is 6.93. The minimum Gasteiger partial charge on any atom is -0.353 e. The lowest BCUT2D eigenvalue weighted by molar-refractivity contribution is -0.122. The summed E-state index contributed by atoms with van der Waals surface area (Å²) in [7, 11) is 0. The molecule has 3 N–H and O–H groups in total. The number of hydrogen-bond donors (Lipinski definition) is 2. The van der Waals surface area contributed by atoms with Gasteiger partial charge in [-0.3, -0.25) is 4.79 Å². The molecule has 0 aromatic rings. The van der Waals surface area contributed by atoms with Crippen LogP contribution < -0.4 is 11.1 Å². The van der Waals surface area contributed by atoms with Crippen LogP contribution in [-0.2, 0) is 4.79 Å². The highest BCUT2D eigenvalue weighted by atomic mass is 16.1. The first-order valence-electron chi connectivity index (χ1n) is 6.93. The summed E-state index contributed by atoms with van der Waals surface area (Å²) in [6, 6.07) is 0.342. The van der Waals surface area contributed by atoms with Crippen molar-refractivity contribution in [1.29, 1.82) is 0 Å². The number of nitrogens with two attached hydrogens (primary N) is 1. The van der Waals surface area contributed by atoms with Gasteiger partial charge >= 0.3 is 0 Å². The third kappa shape index (κ3) is 5.07. The van der Waals surface area contributed by atoms with Crippen LogP contribution in [0.4, 0.5) is 0 Å². The van der Waals surface area contributed by atoms with Gasteiger partial charge in [0.1, 0.15) is 0 Å². The Morgan fingerprint density at radius 3 is 2.24 bits per heavy atom. The molecule has 17 heavy (non-hydrogen) atoms. The molecule has 0 heterocycles. The van der Waals surface area contributed by atoms with E-state index in [1.54, 1.807) is 0 Å². The van der Waals surface area contributed by atoms with Crippen molar-refractivity contribution in [2.75, 3.05) is 0 Å². The van der Waals surface area contributed by atoms with E-state index in [1.807, 2.05) is 0 Å². The van der Waals surface area contributed by atoms with Crippen molar-refractivity contribution >= 4 is 5.91 Å². The fourth-order valence-corrected chi connectivity index (χ4v) is 2.80. The van der Waals surface area contributed by atoms with Crippen LogP contribution in [0.5, 0.6) is 0 Å². The molecule has 3 unspecified atom stereocenters. The van der Waals surface area contributed by atoms with Gasteiger partial charge in [0.05, 0.1) is 0 Å². The number of carbonyl (C=O) groups is 1. The van der Waals surface area contributed by atoms with Gasteiger partial charge in [0, 0.05) is 18.5 Å². The zero-order valence-electron chi connectivity index (χ0n) is 11.7. The second-order valence-corrected chi connectivity index (χ2v) is 6.29. The van der Waals surface area contributed by atoms with E-state index in [2.05, 4.69) is 33.0 Å². The van der Waals surface area contributed by atoms with Crippen molar-refractivity contribution in [2.24, 2.45) is 23.5 Å². The molecule has 3 atom stereocenters. The normalized spacial score (nSPS) is 31.3. The predicted molar refractivity (Wildman–Crippen MR) is 71.5 cm³/mol. The Labute approximate surface area is 106 Å². The van der Waals surface area contributed by atoms with E-state index >= 15 is 0 Å². The van der Waals surface area contributed by atoms with Crippen LogP contribution in [0.15, 0.2) is 0 Å². The lowest BCUT2D eigenvalue weighted by Gasteiger charge is -2.32. The van der Waals surface area contributed by atoms with Crippen molar-refractivity contribution in [3.8, 4) is 0 Å². The van der Waals surface area contributed by atoms with Crippen molar-refractivity contribution in [1.82, 2.24) is 5.32 Å². The van der Waals surface area contributed by atoms with E-state index in [4.69, 9.17) is 5.73 Å². The SMILES string of the molecule is CC1CC(C)CC(NC(=O)CC(N)C(C)C)C1. The van der Waals surface area contributed by atoms with Gasteiger partial charge in [-0.05, 0) is 37.0 Å². The molecule has 3 heteroatoms. The maximum absolute atomic E-state index is 11.8. The fraction of sp³-hybridized carbons (Fsp3) is 0.929. The van der Waals surface area contributed by atoms with Crippen molar-refractivity contribution in [2.45, 2.75) is 65.5 Å². The molecule has 1 aliphatic carbocycles. The van der Waals surface area contributed by atoms with Crippen LogP contribution in [0, 0.1) is 17.8 Å². The highest BCUT2D eigenvalue weighted by molar-refractivity contribution is 5.76. The molecule has 0 radical (unpaired) electrons. The lowest BCUT2D eigenvalue weighted by Crippen LogP contribution is -2.42. The Morgan fingerprint density at radius 1 is 1.24 bits per heavy atom. The molecule has 1 saturated carbocycles. The van der Waals surface area contributed by atoms with Gasteiger partial charge in [-0.2, -0.15) is 0 Å². The number of rotatable bonds is 4.